The number of fused-ring (bicyclic) bond motifs is 1. The summed E-state index contributed by atoms with van der Waals surface area (Å²) < 4.78 is 41.9. The van der Waals surface area contributed by atoms with Crippen molar-refractivity contribution in [2.24, 2.45) is 0 Å². The summed E-state index contributed by atoms with van der Waals surface area (Å²) in [6.45, 7) is 1.48. The summed E-state index contributed by atoms with van der Waals surface area (Å²) in [5, 5.41) is 15.1. The molecule has 3 aromatic rings. The third kappa shape index (κ3) is 5.32. The summed E-state index contributed by atoms with van der Waals surface area (Å²) in [6, 6.07) is 14.8. The standard InChI is InChI=1S/C24H19F3N5O3Si/c1-23(36)14-31-20(19(13-29-31)21(33)30-17-4-2-3-16(11-17)12-28)22(34)32(23)18-7-5-15(6-8-18)9-10-35-24(25,26)27/h2-8,11,13H,9-10,14H2,1H3,(H,30,33)/t23-/m0/s1. The normalized spacial score (nSPS) is 17.4. The number of amides is 2. The number of carbonyl (C=O) groups excluding carboxylic acids is 2. The van der Waals surface area contributed by atoms with Crippen LogP contribution in [0.25, 0.3) is 0 Å². The number of nitrogens with one attached hydrogen (secondary N) is 1. The number of nitriles is 1. The van der Waals surface area contributed by atoms with Gasteiger partial charge in [0.2, 0.25) is 0 Å². The monoisotopic (exact) mass is 510 g/mol. The molecule has 1 aliphatic heterocycles. The van der Waals surface area contributed by atoms with E-state index in [2.05, 4.69) is 25.4 Å². The number of hydrogen-bond donors (Lipinski definition) is 1. The number of benzene rings is 2. The highest BCUT2D eigenvalue weighted by atomic mass is 28.1. The summed E-state index contributed by atoms with van der Waals surface area (Å²) in [5.74, 6) is -1.04. The number of carbonyl (C=O) groups is 2. The van der Waals surface area contributed by atoms with E-state index in [0.29, 0.717) is 22.5 Å². The number of nitrogens with zero attached hydrogens (tertiary/aromatic N) is 4. The maximum atomic E-state index is 13.6. The second-order valence-corrected chi connectivity index (χ2v) is 9.41. The highest BCUT2D eigenvalue weighted by Crippen LogP contribution is 2.32. The minimum Gasteiger partial charge on any atom is -0.322 e. The van der Waals surface area contributed by atoms with Crippen LogP contribution in [0.3, 0.4) is 0 Å². The van der Waals surface area contributed by atoms with Gasteiger partial charge in [-0.15, -0.1) is 13.2 Å². The number of ether oxygens (including phenoxy) is 1. The van der Waals surface area contributed by atoms with Crippen molar-refractivity contribution >= 4 is 33.4 Å². The molecule has 0 unspecified atom stereocenters. The van der Waals surface area contributed by atoms with Gasteiger partial charge in [-0.1, -0.05) is 18.2 Å². The van der Waals surface area contributed by atoms with Crippen LogP contribution in [-0.4, -0.2) is 50.0 Å². The highest BCUT2D eigenvalue weighted by molar-refractivity contribution is 6.25. The zero-order valence-electron chi connectivity index (χ0n) is 19.0. The second kappa shape index (κ2) is 9.60. The molecule has 4 rings (SSSR count). The molecule has 8 nitrogen and oxygen atoms in total. The first kappa shape index (κ1) is 25.1. The van der Waals surface area contributed by atoms with E-state index in [-0.39, 0.29) is 24.2 Å². The van der Waals surface area contributed by atoms with Gasteiger partial charge in [0, 0.05) is 16.5 Å². The van der Waals surface area contributed by atoms with Gasteiger partial charge >= 0.3 is 6.36 Å². The molecule has 0 saturated carbocycles. The van der Waals surface area contributed by atoms with Crippen molar-refractivity contribution in [1.29, 1.82) is 5.26 Å². The number of rotatable bonds is 6. The number of aromatic nitrogens is 2. The number of halogens is 3. The van der Waals surface area contributed by atoms with Gasteiger partial charge in [0.1, 0.15) is 5.69 Å². The lowest BCUT2D eigenvalue weighted by molar-refractivity contribution is -0.324. The van der Waals surface area contributed by atoms with Crippen molar-refractivity contribution in [3.8, 4) is 6.07 Å². The van der Waals surface area contributed by atoms with Gasteiger partial charge in [-0.25, -0.2) is 0 Å². The first-order chi connectivity index (χ1) is 17.0. The molecule has 0 aliphatic carbocycles. The zero-order chi connectivity index (χ0) is 26.1. The van der Waals surface area contributed by atoms with Crippen LogP contribution in [0.1, 0.15) is 38.9 Å². The molecule has 1 N–H and O–H groups in total. The van der Waals surface area contributed by atoms with Gasteiger partial charge in [0.15, 0.2) is 0 Å². The molecule has 183 valence electrons. The fraction of sp³-hybridized carbons (Fsp3) is 0.250. The van der Waals surface area contributed by atoms with Crippen LogP contribution >= 0.6 is 0 Å². The van der Waals surface area contributed by atoms with Crippen LogP contribution in [0.2, 0.25) is 0 Å². The van der Waals surface area contributed by atoms with Crippen molar-refractivity contribution in [3.05, 3.63) is 77.1 Å². The largest absolute Gasteiger partial charge is 0.522 e. The minimum absolute atomic E-state index is 0.0446. The summed E-state index contributed by atoms with van der Waals surface area (Å²) in [6.07, 6.45) is -3.33. The van der Waals surface area contributed by atoms with Gasteiger partial charge in [-0.05, 0) is 49.2 Å². The Balaban J connectivity index is 1.57. The van der Waals surface area contributed by atoms with Crippen LogP contribution < -0.4 is 10.2 Å². The maximum absolute atomic E-state index is 13.6. The number of anilines is 2. The lowest BCUT2D eigenvalue weighted by Crippen LogP contribution is -2.58. The van der Waals surface area contributed by atoms with Crippen LogP contribution in [0, 0.1) is 11.3 Å². The molecule has 1 aliphatic rings. The Morgan fingerprint density at radius 2 is 2.00 bits per heavy atom. The Kier molecular flexibility index (Phi) is 6.70. The van der Waals surface area contributed by atoms with Crippen LogP contribution in [0.4, 0.5) is 24.5 Å². The molecule has 0 fully saturated rings. The molecule has 0 saturated heterocycles. The third-order valence-corrected chi connectivity index (χ3v) is 5.92. The summed E-state index contributed by atoms with van der Waals surface area (Å²) in [4.78, 5) is 28.1. The molecular weight excluding hydrogens is 491 g/mol. The predicted octanol–water partition coefficient (Wildman–Crippen LogP) is 3.63. The number of hydrogen-bond acceptors (Lipinski definition) is 5. The van der Waals surface area contributed by atoms with Crippen LogP contribution in [0.15, 0.2) is 54.7 Å². The van der Waals surface area contributed by atoms with Crippen molar-refractivity contribution < 1.29 is 27.5 Å². The third-order valence-electron chi connectivity index (χ3n) is 5.54. The van der Waals surface area contributed by atoms with Crippen molar-refractivity contribution in [1.82, 2.24) is 9.78 Å². The Bertz CT molecular complexity index is 1350. The van der Waals surface area contributed by atoms with E-state index in [1.165, 1.54) is 21.8 Å². The first-order valence-corrected chi connectivity index (χ1v) is 11.2. The quantitative estimate of drug-likeness (QED) is 0.511. The fourth-order valence-corrected chi connectivity index (χ4v) is 4.33. The lowest BCUT2D eigenvalue weighted by Gasteiger charge is -2.42. The first-order valence-electron chi connectivity index (χ1n) is 10.7. The van der Waals surface area contributed by atoms with Gasteiger partial charge in [-0.2, -0.15) is 10.4 Å². The average molecular weight is 511 g/mol. The van der Waals surface area contributed by atoms with Crippen molar-refractivity contribution in [2.75, 3.05) is 16.8 Å². The summed E-state index contributed by atoms with van der Waals surface area (Å²) in [7, 11) is 3.64. The molecule has 0 spiro atoms. The summed E-state index contributed by atoms with van der Waals surface area (Å²) >= 11 is 0. The minimum atomic E-state index is -4.69. The van der Waals surface area contributed by atoms with Gasteiger partial charge in [-0.3, -0.25) is 19.0 Å². The highest BCUT2D eigenvalue weighted by Gasteiger charge is 2.42. The molecule has 2 heterocycles. The van der Waals surface area contributed by atoms with E-state index >= 15 is 0 Å². The average Bonchev–Trinajstić information content (AvgIpc) is 3.22. The topological polar surface area (TPSA) is 100 Å². The molecule has 1 aromatic heterocycles. The molecule has 0 bridgehead atoms. The Morgan fingerprint density at radius 3 is 2.67 bits per heavy atom. The Hall–Kier alpha value is -3.95. The molecular formula is C24H19F3N5O3Si. The molecule has 2 aromatic carbocycles. The smallest absolute Gasteiger partial charge is 0.322 e. The Labute approximate surface area is 207 Å². The number of alkyl halides is 3. The predicted molar refractivity (Wildman–Crippen MR) is 124 cm³/mol. The lowest BCUT2D eigenvalue weighted by atomic mass is 10.1. The van der Waals surface area contributed by atoms with E-state index in [1.54, 1.807) is 49.4 Å². The second-order valence-electron chi connectivity index (χ2n) is 8.34. The van der Waals surface area contributed by atoms with E-state index < -0.39 is 29.9 Å². The SMILES string of the molecule is C[C@]1([Si])Cn2ncc(C(=O)Nc3cccc(C#N)c3)c2C(=O)N1c1ccc(CCOC(F)(F)F)cc1. The van der Waals surface area contributed by atoms with Gasteiger partial charge in [0.25, 0.3) is 11.8 Å². The molecule has 3 radical (unpaired) electrons. The van der Waals surface area contributed by atoms with E-state index in [9.17, 15) is 22.8 Å². The molecule has 36 heavy (non-hydrogen) atoms. The van der Waals surface area contributed by atoms with Crippen molar-refractivity contribution in [2.45, 2.75) is 31.4 Å². The Morgan fingerprint density at radius 1 is 1.28 bits per heavy atom. The fourth-order valence-electron chi connectivity index (χ4n) is 3.95. The molecule has 12 heteroatoms. The molecule has 2 amide bonds. The van der Waals surface area contributed by atoms with Crippen LogP contribution in [-0.2, 0) is 17.7 Å². The van der Waals surface area contributed by atoms with Crippen molar-refractivity contribution in [3.63, 3.8) is 0 Å². The van der Waals surface area contributed by atoms with Crippen LogP contribution in [0.5, 0.6) is 0 Å². The van der Waals surface area contributed by atoms with E-state index in [1.807, 2.05) is 6.07 Å². The maximum Gasteiger partial charge on any atom is 0.522 e. The van der Waals surface area contributed by atoms with Gasteiger partial charge < -0.3 is 10.2 Å². The van der Waals surface area contributed by atoms with E-state index in [4.69, 9.17) is 5.26 Å². The molecule has 1 atom stereocenters. The van der Waals surface area contributed by atoms with E-state index in [0.717, 1.165) is 0 Å². The van der Waals surface area contributed by atoms with Gasteiger partial charge in [0.05, 0.1) is 46.8 Å². The summed E-state index contributed by atoms with van der Waals surface area (Å²) in [5.41, 5.74) is 2.01. The zero-order valence-corrected chi connectivity index (χ0v) is 20.0.